The second-order valence-corrected chi connectivity index (χ2v) is 12.3. The molecule has 46 heavy (non-hydrogen) atoms. The van der Waals surface area contributed by atoms with Crippen molar-refractivity contribution < 1.29 is 14.2 Å². The maximum Gasteiger partial charge on any atom is 0.141 e. The van der Waals surface area contributed by atoms with E-state index in [0.717, 1.165) is 18.5 Å². The Labute approximate surface area is 274 Å². The molecule has 3 aromatic carbocycles. The second kappa shape index (κ2) is 12.8. The molecule has 2 aliphatic rings. The number of fused-ring (bicyclic) bond motifs is 1. The summed E-state index contributed by atoms with van der Waals surface area (Å²) in [6.45, 7) is 2.82. The molecule has 0 amide bonds. The molecule has 3 N–H and O–H groups in total. The average Bonchev–Trinajstić information content (AvgIpc) is 3.51. The van der Waals surface area contributed by atoms with Gasteiger partial charge in [-0.25, -0.2) is 9.07 Å². The van der Waals surface area contributed by atoms with Crippen molar-refractivity contribution >= 4 is 51.2 Å². The van der Waals surface area contributed by atoms with E-state index in [1.54, 1.807) is 10.7 Å². The number of nitrogens with one attached hydrogen (secondary N) is 2. The van der Waals surface area contributed by atoms with E-state index in [2.05, 4.69) is 36.9 Å². The zero-order valence-electron chi connectivity index (χ0n) is 24.4. The van der Waals surface area contributed by atoms with Crippen molar-refractivity contribution in [2.24, 2.45) is 0 Å². The molecule has 4 heterocycles. The first-order valence-corrected chi connectivity index (χ1v) is 15.6. The normalized spacial score (nSPS) is 19.4. The summed E-state index contributed by atoms with van der Waals surface area (Å²) < 4.78 is 20.9. The van der Waals surface area contributed by atoms with Gasteiger partial charge in [-0.2, -0.15) is 5.26 Å². The molecule has 2 saturated heterocycles. The number of nitriles is 1. The van der Waals surface area contributed by atoms with Crippen molar-refractivity contribution in [3.05, 3.63) is 106 Å². The number of benzene rings is 3. The number of nitrogens with zero attached hydrogens (tertiary/aromatic N) is 6. The molecule has 234 valence electrons. The molecule has 2 aromatic heterocycles. The molecule has 0 radical (unpaired) electrons. The number of ether oxygens (including phenoxy) is 1. The van der Waals surface area contributed by atoms with Crippen LogP contribution >= 0.6 is 23.2 Å². The largest absolute Gasteiger partial charge is 0.390 e. The molecule has 2 aliphatic heterocycles. The smallest absolute Gasteiger partial charge is 0.141 e. The lowest BCUT2D eigenvalue weighted by Gasteiger charge is -2.43. The number of piperidine rings is 1. The van der Waals surface area contributed by atoms with E-state index in [9.17, 15) is 14.8 Å². The number of likely N-dealkylation sites (tertiary alicyclic amines) is 1. The molecule has 2 fully saturated rings. The van der Waals surface area contributed by atoms with Crippen LogP contribution in [0.5, 0.6) is 0 Å². The van der Waals surface area contributed by atoms with Crippen molar-refractivity contribution in [3.8, 4) is 6.07 Å². The third-order valence-corrected chi connectivity index (χ3v) is 9.13. The van der Waals surface area contributed by atoms with E-state index >= 15 is 0 Å². The number of halogens is 3. The van der Waals surface area contributed by atoms with Gasteiger partial charge in [-0.1, -0.05) is 58.7 Å². The summed E-state index contributed by atoms with van der Waals surface area (Å²) in [7, 11) is 0. The van der Waals surface area contributed by atoms with Crippen molar-refractivity contribution in [2.45, 2.75) is 30.7 Å². The van der Waals surface area contributed by atoms with Crippen LogP contribution in [0.15, 0.2) is 73.1 Å². The van der Waals surface area contributed by atoms with Gasteiger partial charge in [0.1, 0.15) is 17.6 Å². The first-order chi connectivity index (χ1) is 22.4. The number of aromatic nitrogens is 4. The lowest BCUT2D eigenvalue weighted by molar-refractivity contribution is -0.0947. The molecule has 0 bridgehead atoms. The maximum atomic E-state index is 13.9. The Kier molecular flexibility index (Phi) is 8.46. The molecule has 5 aromatic rings. The highest BCUT2D eigenvalue weighted by atomic mass is 35.5. The number of aliphatic hydroxyl groups excluding tert-OH is 1. The predicted octanol–water partition coefficient (Wildman–Crippen LogP) is 6.10. The highest BCUT2D eigenvalue weighted by molar-refractivity contribution is 6.36. The third kappa shape index (κ3) is 5.98. The fourth-order valence-electron chi connectivity index (χ4n) is 6.02. The van der Waals surface area contributed by atoms with E-state index < -0.39 is 18.0 Å². The second-order valence-electron chi connectivity index (χ2n) is 11.5. The van der Waals surface area contributed by atoms with Gasteiger partial charge in [-0.15, -0.1) is 5.10 Å². The molecule has 13 heteroatoms. The first kappa shape index (κ1) is 30.3. The third-order valence-electron chi connectivity index (χ3n) is 8.56. The molecular weight excluding hydrogens is 630 g/mol. The van der Waals surface area contributed by atoms with Gasteiger partial charge in [0.25, 0.3) is 0 Å². The van der Waals surface area contributed by atoms with Gasteiger partial charge in [0.15, 0.2) is 0 Å². The van der Waals surface area contributed by atoms with Crippen LogP contribution in [0.2, 0.25) is 10.0 Å². The Balaban J connectivity index is 1.22. The summed E-state index contributed by atoms with van der Waals surface area (Å²) in [5, 5.41) is 37.6. The molecular formula is C33H29Cl2FN8O2. The van der Waals surface area contributed by atoms with Gasteiger partial charge in [0, 0.05) is 36.0 Å². The minimum Gasteiger partial charge on any atom is -0.390 e. The van der Waals surface area contributed by atoms with Crippen LogP contribution in [0, 0.1) is 17.1 Å². The first-order valence-electron chi connectivity index (χ1n) is 14.9. The summed E-state index contributed by atoms with van der Waals surface area (Å²) in [4.78, 5) is 6.72. The Bertz CT molecular complexity index is 1930. The number of aliphatic hydroxyl groups is 1. The average molecular weight is 660 g/mol. The lowest BCUT2D eigenvalue weighted by atomic mass is 9.99. The van der Waals surface area contributed by atoms with Gasteiger partial charge in [0.2, 0.25) is 0 Å². The molecule has 0 saturated carbocycles. The van der Waals surface area contributed by atoms with Crippen molar-refractivity contribution in [3.63, 3.8) is 0 Å². The van der Waals surface area contributed by atoms with Gasteiger partial charge in [0.05, 0.1) is 70.5 Å². The summed E-state index contributed by atoms with van der Waals surface area (Å²) in [5.74, 6) is -0.547. The highest BCUT2D eigenvalue weighted by Gasteiger charge is 2.36. The van der Waals surface area contributed by atoms with Crippen LogP contribution in [0.25, 0.3) is 10.9 Å². The molecule has 0 aliphatic carbocycles. The topological polar surface area (TPSA) is 124 Å². The number of pyridine rings is 1. The molecule has 7 rings (SSSR count). The Morgan fingerprint density at radius 1 is 1.07 bits per heavy atom. The quantitative estimate of drug-likeness (QED) is 0.181. The predicted molar refractivity (Wildman–Crippen MR) is 174 cm³/mol. The van der Waals surface area contributed by atoms with E-state index in [0.29, 0.717) is 64.5 Å². The Morgan fingerprint density at radius 3 is 2.59 bits per heavy atom. The highest BCUT2D eigenvalue weighted by Crippen LogP contribution is 2.37. The van der Waals surface area contributed by atoms with Gasteiger partial charge in [-0.05, 0) is 42.3 Å². The molecule has 0 spiro atoms. The number of anilines is 3. The van der Waals surface area contributed by atoms with Crippen molar-refractivity contribution in [1.82, 2.24) is 24.9 Å². The number of hydrogen-bond acceptors (Lipinski definition) is 9. The van der Waals surface area contributed by atoms with Crippen LogP contribution in [-0.2, 0) is 4.74 Å². The molecule has 10 nitrogen and oxygen atoms in total. The lowest BCUT2D eigenvalue weighted by Crippen LogP contribution is -2.55. The van der Waals surface area contributed by atoms with Crippen LogP contribution in [0.1, 0.15) is 35.3 Å². The molecule has 1 unspecified atom stereocenters. The zero-order chi connectivity index (χ0) is 31.8. The fourth-order valence-corrected chi connectivity index (χ4v) is 6.47. The van der Waals surface area contributed by atoms with Crippen LogP contribution < -0.4 is 10.6 Å². The number of β-amino-alcohol motifs (C(OH)–C–C–N with tert-alkyl or cyclic N) is 1. The maximum absolute atomic E-state index is 13.9. The van der Waals surface area contributed by atoms with Crippen LogP contribution in [0.3, 0.4) is 0 Å². The summed E-state index contributed by atoms with van der Waals surface area (Å²) >= 11 is 12.8. The van der Waals surface area contributed by atoms with Crippen LogP contribution in [0.4, 0.5) is 21.5 Å². The summed E-state index contributed by atoms with van der Waals surface area (Å²) in [6, 6.07) is 19.6. The SMILES string of the molecule is N#Cc1cnc2c(Cl)cc(NC(c3ccccc3)c3cn([C@@H]4CCN(C5COC5)C[C@H]4O)nn3)cc2c1Nc1ccc(F)c(Cl)c1. The fraction of sp³-hybridized carbons (Fsp3) is 0.273. The van der Waals surface area contributed by atoms with Crippen molar-refractivity contribution in [1.29, 1.82) is 5.26 Å². The minimum absolute atomic E-state index is 0.0490. The Hall–Kier alpha value is -4.31. The number of rotatable bonds is 8. The minimum atomic E-state index is -0.588. The van der Waals surface area contributed by atoms with E-state index in [4.69, 9.17) is 27.9 Å². The van der Waals surface area contributed by atoms with Crippen LogP contribution in [-0.4, -0.2) is 68.4 Å². The summed E-state index contributed by atoms with van der Waals surface area (Å²) in [6.07, 6.45) is 3.48. The molecule has 3 atom stereocenters. The van der Waals surface area contributed by atoms with Gasteiger partial charge in [-0.3, -0.25) is 9.88 Å². The monoisotopic (exact) mass is 658 g/mol. The zero-order valence-corrected chi connectivity index (χ0v) is 26.0. The van der Waals surface area contributed by atoms with E-state index in [-0.39, 0.29) is 16.6 Å². The standard InChI is InChI=1S/C33H29Cl2FN8O2/c34-25-11-21(6-7-27(25)36)39-31-20(13-37)14-38-33-24(31)10-22(12-26(33)35)40-32(19-4-2-1-3-5-19)28-15-44(42-41-28)29-8-9-43(16-30(29)45)23-17-46-18-23/h1-7,10-12,14-15,23,29-30,32,40,45H,8-9,16-18H2,(H,38,39)/t29-,30-,32?/m1/s1. The summed E-state index contributed by atoms with van der Waals surface area (Å²) in [5.41, 5.74) is 3.96. The van der Waals surface area contributed by atoms with Crippen molar-refractivity contribution in [2.75, 3.05) is 36.9 Å². The Morgan fingerprint density at radius 2 is 1.87 bits per heavy atom. The van der Waals surface area contributed by atoms with Gasteiger partial charge >= 0.3 is 0 Å². The number of hydrogen-bond donors (Lipinski definition) is 3. The van der Waals surface area contributed by atoms with E-state index in [1.165, 1.54) is 24.4 Å². The van der Waals surface area contributed by atoms with Gasteiger partial charge < -0.3 is 20.5 Å². The van der Waals surface area contributed by atoms with E-state index in [1.807, 2.05) is 42.6 Å².